The van der Waals surface area contributed by atoms with Gasteiger partial charge in [0.25, 0.3) is 0 Å². The molecule has 0 saturated carbocycles. The number of allylic oxidation sites excluding steroid dienone is 5. The van der Waals surface area contributed by atoms with Crippen LogP contribution in [0.25, 0.3) is 33.8 Å². The van der Waals surface area contributed by atoms with E-state index in [9.17, 15) is 4.39 Å². The molecule has 3 heterocycles. The first kappa shape index (κ1) is 21.1. The summed E-state index contributed by atoms with van der Waals surface area (Å²) in [6, 6.07) is 15.2. The summed E-state index contributed by atoms with van der Waals surface area (Å²) in [5.74, 6) is 0.653. The smallest absolute Gasteiger partial charge is 0.165 e. The Kier molecular flexibility index (Phi) is 5.91. The first-order chi connectivity index (χ1) is 15.5. The number of aromatic nitrogens is 4. The minimum absolute atomic E-state index is 0.341. The molecule has 0 spiro atoms. The Morgan fingerprint density at radius 2 is 1.88 bits per heavy atom. The number of nitrogens with zero attached hydrogens (tertiary/aromatic N) is 4. The van der Waals surface area contributed by atoms with Gasteiger partial charge in [-0.05, 0) is 60.5 Å². The van der Waals surface area contributed by atoms with Crippen LogP contribution in [0.4, 0.5) is 10.2 Å². The van der Waals surface area contributed by atoms with Gasteiger partial charge in [0.15, 0.2) is 11.5 Å². The van der Waals surface area contributed by atoms with Crippen LogP contribution in [0, 0.1) is 0 Å². The molecule has 160 valence electrons. The van der Waals surface area contributed by atoms with E-state index >= 15 is 0 Å². The van der Waals surface area contributed by atoms with E-state index in [1.165, 1.54) is 12.2 Å². The molecule has 0 aliphatic heterocycles. The largest absolute Gasteiger partial charge is 0.383 e. The summed E-state index contributed by atoms with van der Waals surface area (Å²) >= 11 is 0. The predicted octanol–water partition coefficient (Wildman–Crippen LogP) is 4.97. The summed E-state index contributed by atoms with van der Waals surface area (Å²) in [5.41, 5.74) is 17.0. The van der Waals surface area contributed by atoms with E-state index in [1.54, 1.807) is 19.2 Å². The summed E-state index contributed by atoms with van der Waals surface area (Å²) in [6.45, 7) is 6.11. The van der Waals surface area contributed by atoms with Gasteiger partial charge >= 0.3 is 0 Å². The van der Waals surface area contributed by atoms with E-state index < -0.39 is 0 Å². The molecule has 32 heavy (non-hydrogen) atoms. The lowest BCUT2D eigenvalue weighted by Crippen LogP contribution is -2.03. The number of imidazole rings is 1. The SMILES string of the molecule is C=C(/C=C\C(F)=C/C)c1ccc2nc(-c3cccnc3N)n(-c3ccc(CN)cc3)c2n1. The molecule has 4 aromatic rings. The maximum atomic E-state index is 13.5. The van der Waals surface area contributed by atoms with E-state index in [2.05, 4.69) is 11.6 Å². The number of hydrogen-bond acceptors (Lipinski definition) is 5. The van der Waals surface area contributed by atoms with E-state index in [4.69, 9.17) is 21.4 Å². The third-order valence-electron chi connectivity index (χ3n) is 5.06. The molecular weight excluding hydrogens is 403 g/mol. The van der Waals surface area contributed by atoms with Crippen molar-refractivity contribution in [1.29, 1.82) is 0 Å². The van der Waals surface area contributed by atoms with Crippen LogP contribution in [0.5, 0.6) is 0 Å². The number of nitrogens with two attached hydrogens (primary N) is 2. The van der Waals surface area contributed by atoms with E-state index in [0.717, 1.165) is 11.3 Å². The fraction of sp³-hybridized carbons (Fsp3) is 0.0800. The van der Waals surface area contributed by atoms with Gasteiger partial charge in [-0.15, -0.1) is 0 Å². The highest BCUT2D eigenvalue weighted by Gasteiger charge is 2.18. The number of hydrogen-bond donors (Lipinski definition) is 2. The van der Waals surface area contributed by atoms with Crippen molar-refractivity contribution >= 4 is 22.6 Å². The molecular formula is C25H23FN6. The van der Waals surface area contributed by atoms with Crippen LogP contribution in [0.3, 0.4) is 0 Å². The average Bonchev–Trinajstić information content (AvgIpc) is 3.21. The third kappa shape index (κ3) is 4.06. The van der Waals surface area contributed by atoms with Gasteiger partial charge in [0.05, 0.1) is 11.3 Å². The van der Waals surface area contributed by atoms with Gasteiger partial charge in [-0.2, -0.15) is 0 Å². The lowest BCUT2D eigenvalue weighted by molar-refractivity contribution is 0.665. The molecule has 0 aliphatic carbocycles. The molecule has 0 saturated heterocycles. The molecule has 6 nitrogen and oxygen atoms in total. The molecule has 1 aromatic carbocycles. The van der Waals surface area contributed by atoms with Gasteiger partial charge in [-0.1, -0.05) is 30.9 Å². The van der Waals surface area contributed by atoms with Crippen LogP contribution >= 0.6 is 0 Å². The van der Waals surface area contributed by atoms with Gasteiger partial charge in [0, 0.05) is 18.4 Å². The van der Waals surface area contributed by atoms with Crippen LogP contribution in [0.1, 0.15) is 18.2 Å². The number of nitrogen functional groups attached to an aromatic ring is 1. The molecule has 0 unspecified atom stereocenters. The Bertz CT molecular complexity index is 1350. The van der Waals surface area contributed by atoms with Crippen molar-refractivity contribution in [3.63, 3.8) is 0 Å². The highest BCUT2D eigenvalue weighted by atomic mass is 19.1. The van der Waals surface area contributed by atoms with Crippen molar-refractivity contribution in [1.82, 2.24) is 19.5 Å². The van der Waals surface area contributed by atoms with Crippen molar-refractivity contribution in [2.24, 2.45) is 5.73 Å². The second-order valence-corrected chi connectivity index (χ2v) is 7.15. The van der Waals surface area contributed by atoms with Crippen molar-refractivity contribution in [2.45, 2.75) is 13.5 Å². The fourth-order valence-corrected chi connectivity index (χ4v) is 3.31. The number of fused-ring (bicyclic) bond motifs is 1. The highest BCUT2D eigenvalue weighted by molar-refractivity contribution is 5.84. The minimum atomic E-state index is -0.341. The van der Waals surface area contributed by atoms with Crippen LogP contribution in [-0.4, -0.2) is 19.5 Å². The van der Waals surface area contributed by atoms with Crippen LogP contribution in [0.15, 0.2) is 85.4 Å². The van der Waals surface area contributed by atoms with Gasteiger partial charge in [-0.25, -0.2) is 19.3 Å². The number of anilines is 1. The molecule has 0 radical (unpaired) electrons. The Hall–Kier alpha value is -4.10. The van der Waals surface area contributed by atoms with Crippen molar-refractivity contribution in [3.05, 3.63) is 96.6 Å². The van der Waals surface area contributed by atoms with Crippen LogP contribution < -0.4 is 11.5 Å². The Morgan fingerprint density at radius 1 is 1.09 bits per heavy atom. The van der Waals surface area contributed by atoms with E-state index in [0.29, 0.717) is 46.2 Å². The molecule has 4 rings (SSSR count). The third-order valence-corrected chi connectivity index (χ3v) is 5.06. The second-order valence-electron chi connectivity index (χ2n) is 7.15. The van der Waals surface area contributed by atoms with Gasteiger partial charge in [0.1, 0.15) is 17.2 Å². The number of benzene rings is 1. The first-order valence-corrected chi connectivity index (χ1v) is 10.1. The summed E-state index contributed by atoms with van der Waals surface area (Å²) in [7, 11) is 0. The van der Waals surface area contributed by atoms with Gasteiger partial charge < -0.3 is 11.5 Å². The monoisotopic (exact) mass is 426 g/mol. The van der Waals surface area contributed by atoms with Crippen molar-refractivity contribution < 1.29 is 4.39 Å². The molecule has 0 aliphatic rings. The number of rotatable bonds is 6. The van der Waals surface area contributed by atoms with E-state index in [-0.39, 0.29) is 5.83 Å². The molecule has 7 heteroatoms. The summed E-state index contributed by atoms with van der Waals surface area (Å²) in [5, 5.41) is 0. The molecule has 0 atom stereocenters. The number of pyridine rings is 2. The Labute approximate surface area is 185 Å². The standard InChI is InChI=1S/C25H23FN6/c1-3-18(26)9-6-16(2)21-12-13-22-25(30-21)32(19-10-7-17(15-27)8-11-19)24(31-22)20-5-4-14-29-23(20)28/h3-14H,2,15,27H2,1H3,(H2,28,29)/b9-6-,18-3+. The predicted molar refractivity (Wildman–Crippen MR) is 127 cm³/mol. The van der Waals surface area contributed by atoms with E-state index in [1.807, 2.05) is 53.1 Å². The lowest BCUT2D eigenvalue weighted by atomic mass is 10.1. The second kappa shape index (κ2) is 8.95. The zero-order chi connectivity index (χ0) is 22.7. The topological polar surface area (TPSA) is 95.6 Å². The molecule has 0 fully saturated rings. The maximum Gasteiger partial charge on any atom is 0.165 e. The molecule has 3 aromatic heterocycles. The normalized spacial score (nSPS) is 12.0. The zero-order valence-electron chi connectivity index (χ0n) is 17.7. The van der Waals surface area contributed by atoms with Crippen molar-refractivity contribution in [3.8, 4) is 17.1 Å². The van der Waals surface area contributed by atoms with Crippen LogP contribution in [-0.2, 0) is 6.54 Å². The summed E-state index contributed by atoms with van der Waals surface area (Å²) in [4.78, 5) is 13.8. The average molecular weight is 426 g/mol. The fourth-order valence-electron chi connectivity index (χ4n) is 3.31. The van der Waals surface area contributed by atoms with Crippen molar-refractivity contribution in [2.75, 3.05) is 5.73 Å². The Balaban J connectivity index is 1.92. The highest BCUT2D eigenvalue weighted by Crippen LogP contribution is 2.31. The Morgan fingerprint density at radius 3 is 2.56 bits per heavy atom. The summed E-state index contributed by atoms with van der Waals surface area (Å²) < 4.78 is 15.4. The quantitative estimate of drug-likeness (QED) is 0.425. The van der Waals surface area contributed by atoms with Crippen LogP contribution in [0.2, 0.25) is 0 Å². The zero-order valence-corrected chi connectivity index (χ0v) is 17.7. The van der Waals surface area contributed by atoms with Gasteiger partial charge in [-0.3, -0.25) is 4.57 Å². The molecule has 0 amide bonds. The summed E-state index contributed by atoms with van der Waals surface area (Å²) in [6.07, 6.45) is 5.97. The lowest BCUT2D eigenvalue weighted by Gasteiger charge is -2.11. The first-order valence-electron chi connectivity index (χ1n) is 10.1. The maximum absolute atomic E-state index is 13.5. The minimum Gasteiger partial charge on any atom is -0.383 e. The van der Waals surface area contributed by atoms with Gasteiger partial charge in [0.2, 0.25) is 0 Å². The molecule has 4 N–H and O–H groups in total. The molecule has 0 bridgehead atoms. The number of halogens is 1.